The molecule has 8 heteroatoms. The molecule has 0 aliphatic carbocycles. The van der Waals surface area contributed by atoms with Crippen molar-refractivity contribution < 1.29 is 22.7 Å². The third kappa shape index (κ3) is 2.67. The maximum Gasteiger partial charge on any atom is 0.323 e. The molecule has 0 bridgehead atoms. The predicted octanol–water partition coefficient (Wildman–Crippen LogP) is 0.181. The molecule has 0 amide bonds. The van der Waals surface area contributed by atoms with Gasteiger partial charge in [-0.3, -0.25) is 4.79 Å². The van der Waals surface area contributed by atoms with Crippen molar-refractivity contribution in [2.45, 2.75) is 17.9 Å². The van der Waals surface area contributed by atoms with Crippen LogP contribution in [0.4, 0.5) is 4.39 Å². The molecule has 0 saturated carbocycles. The summed E-state index contributed by atoms with van der Waals surface area (Å²) in [6, 6.07) is 2.27. The van der Waals surface area contributed by atoms with E-state index in [0.29, 0.717) is 12.1 Å². The van der Waals surface area contributed by atoms with Gasteiger partial charge < -0.3 is 10.4 Å². The topological polar surface area (TPSA) is 86.7 Å². The van der Waals surface area contributed by atoms with E-state index in [9.17, 15) is 17.6 Å². The van der Waals surface area contributed by atoms with Crippen molar-refractivity contribution in [2.75, 3.05) is 19.6 Å². The number of nitrogens with zero attached hydrogens (tertiary/aromatic N) is 1. The zero-order chi connectivity index (χ0) is 14.9. The number of aliphatic carboxylic acids is 1. The van der Waals surface area contributed by atoms with Gasteiger partial charge in [0.25, 0.3) is 0 Å². The highest BCUT2D eigenvalue weighted by Crippen LogP contribution is 2.23. The first-order valence-corrected chi connectivity index (χ1v) is 7.49. The molecule has 1 unspecified atom stereocenters. The minimum atomic E-state index is -4.04. The van der Waals surface area contributed by atoms with Crippen molar-refractivity contribution in [3.05, 3.63) is 29.6 Å². The zero-order valence-electron chi connectivity index (χ0n) is 10.8. The summed E-state index contributed by atoms with van der Waals surface area (Å²) in [5.41, 5.74) is 0.383. The van der Waals surface area contributed by atoms with Crippen LogP contribution >= 0.6 is 0 Å². The van der Waals surface area contributed by atoms with Crippen molar-refractivity contribution in [3.63, 3.8) is 0 Å². The number of carbonyl (C=O) groups is 1. The van der Waals surface area contributed by atoms with Crippen molar-refractivity contribution in [2.24, 2.45) is 0 Å². The molecule has 110 valence electrons. The van der Waals surface area contributed by atoms with Gasteiger partial charge in [0, 0.05) is 19.6 Å². The summed E-state index contributed by atoms with van der Waals surface area (Å²) >= 11 is 0. The number of aryl methyl sites for hydroxylation is 1. The Kier molecular flexibility index (Phi) is 4.07. The van der Waals surface area contributed by atoms with E-state index in [1.807, 2.05) is 0 Å². The molecule has 1 heterocycles. The molecule has 20 heavy (non-hydrogen) atoms. The third-order valence-electron chi connectivity index (χ3n) is 3.22. The summed E-state index contributed by atoms with van der Waals surface area (Å²) in [5.74, 6) is -1.90. The summed E-state index contributed by atoms with van der Waals surface area (Å²) in [6.45, 7) is 1.97. The number of hydrogen-bond acceptors (Lipinski definition) is 4. The molecule has 1 aliphatic rings. The van der Waals surface area contributed by atoms with Crippen LogP contribution in [0.15, 0.2) is 23.1 Å². The highest BCUT2D eigenvalue weighted by Gasteiger charge is 2.38. The van der Waals surface area contributed by atoms with Crippen molar-refractivity contribution >= 4 is 16.0 Å². The van der Waals surface area contributed by atoms with Crippen molar-refractivity contribution in [1.29, 1.82) is 0 Å². The van der Waals surface area contributed by atoms with E-state index in [2.05, 4.69) is 5.32 Å². The van der Waals surface area contributed by atoms with Gasteiger partial charge in [-0.15, -0.1) is 0 Å². The number of sulfonamides is 1. The van der Waals surface area contributed by atoms with Gasteiger partial charge in [-0.2, -0.15) is 4.31 Å². The molecular weight excluding hydrogens is 287 g/mol. The van der Waals surface area contributed by atoms with Crippen LogP contribution in [-0.2, 0) is 14.8 Å². The Bertz CT molecular complexity index is 632. The maximum absolute atomic E-state index is 13.3. The predicted molar refractivity (Wildman–Crippen MR) is 69.3 cm³/mol. The van der Waals surface area contributed by atoms with Crippen molar-refractivity contribution in [3.8, 4) is 0 Å². The van der Waals surface area contributed by atoms with E-state index in [0.717, 1.165) is 10.4 Å². The molecule has 1 saturated heterocycles. The average Bonchev–Trinajstić information content (AvgIpc) is 2.41. The number of piperazine rings is 1. The second-order valence-corrected chi connectivity index (χ2v) is 6.44. The Morgan fingerprint density at radius 3 is 2.85 bits per heavy atom. The van der Waals surface area contributed by atoms with Crippen LogP contribution in [0.1, 0.15) is 5.56 Å². The summed E-state index contributed by atoms with van der Waals surface area (Å²) in [7, 11) is -4.04. The Morgan fingerprint density at radius 1 is 1.50 bits per heavy atom. The maximum atomic E-state index is 13.3. The molecule has 1 aromatic carbocycles. The lowest BCUT2D eigenvalue weighted by atomic mass is 10.2. The van der Waals surface area contributed by atoms with E-state index >= 15 is 0 Å². The number of benzene rings is 1. The number of halogens is 1. The molecular formula is C12H15FN2O4S. The van der Waals surface area contributed by atoms with Gasteiger partial charge in [-0.25, -0.2) is 12.8 Å². The second-order valence-electron chi connectivity index (χ2n) is 4.58. The van der Waals surface area contributed by atoms with Crippen LogP contribution in [0.2, 0.25) is 0 Å². The molecule has 1 aliphatic heterocycles. The van der Waals surface area contributed by atoms with Gasteiger partial charge in [-0.05, 0) is 24.6 Å². The van der Waals surface area contributed by atoms with Crippen LogP contribution in [0.3, 0.4) is 0 Å². The van der Waals surface area contributed by atoms with Gasteiger partial charge >= 0.3 is 5.97 Å². The lowest BCUT2D eigenvalue weighted by Gasteiger charge is -2.32. The first-order valence-electron chi connectivity index (χ1n) is 6.05. The first-order chi connectivity index (χ1) is 9.34. The lowest BCUT2D eigenvalue weighted by molar-refractivity contribution is -0.141. The highest BCUT2D eigenvalue weighted by molar-refractivity contribution is 7.89. The van der Waals surface area contributed by atoms with Gasteiger partial charge in [0.2, 0.25) is 10.0 Å². The lowest BCUT2D eigenvalue weighted by Crippen LogP contribution is -2.56. The van der Waals surface area contributed by atoms with Crippen LogP contribution in [0, 0.1) is 12.7 Å². The number of carboxylic acids is 1. The minimum Gasteiger partial charge on any atom is -0.480 e. The van der Waals surface area contributed by atoms with E-state index in [1.54, 1.807) is 6.92 Å². The number of rotatable bonds is 3. The Labute approximate surface area is 116 Å². The quantitative estimate of drug-likeness (QED) is 0.832. The molecule has 1 fully saturated rings. The summed E-state index contributed by atoms with van der Waals surface area (Å²) in [4.78, 5) is 11.0. The normalized spacial score (nSPS) is 20.8. The van der Waals surface area contributed by atoms with E-state index in [1.165, 1.54) is 12.1 Å². The second kappa shape index (κ2) is 5.47. The minimum absolute atomic E-state index is 0.0307. The largest absolute Gasteiger partial charge is 0.480 e. The average molecular weight is 302 g/mol. The number of hydrogen-bond donors (Lipinski definition) is 2. The van der Waals surface area contributed by atoms with Gasteiger partial charge in [0.05, 0.1) is 4.90 Å². The third-order valence-corrected chi connectivity index (χ3v) is 5.27. The van der Waals surface area contributed by atoms with E-state index in [-0.39, 0.29) is 18.0 Å². The van der Waals surface area contributed by atoms with Crippen LogP contribution < -0.4 is 5.32 Å². The number of nitrogens with one attached hydrogen (secondary N) is 1. The summed E-state index contributed by atoms with van der Waals surface area (Å²) in [5, 5.41) is 12.0. The van der Waals surface area contributed by atoms with Crippen LogP contribution in [-0.4, -0.2) is 49.5 Å². The summed E-state index contributed by atoms with van der Waals surface area (Å²) in [6.07, 6.45) is 0. The smallest absolute Gasteiger partial charge is 0.323 e. The SMILES string of the molecule is Cc1ccc(F)cc1S(=O)(=O)N1CCNCC1C(=O)O. The van der Waals surface area contributed by atoms with Gasteiger partial charge in [-0.1, -0.05) is 6.07 Å². The molecule has 0 spiro atoms. The van der Waals surface area contributed by atoms with E-state index in [4.69, 9.17) is 5.11 Å². The standard InChI is InChI=1S/C12H15FN2O4S/c1-8-2-3-9(13)6-11(8)20(18,19)15-5-4-14-7-10(15)12(16)17/h2-3,6,10,14H,4-5,7H2,1H3,(H,16,17). The fourth-order valence-electron chi connectivity index (χ4n) is 2.16. The van der Waals surface area contributed by atoms with Crippen LogP contribution in [0.5, 0.6) is 0 Å². The zero-order valence-corrected chi connectivity index (χ0v) is 11.7. The molecule has 2 rings (SSSR count). The number of carboxylic acid groups (broad SMARTS) is 1. The van der Waals surface area contributed by atoms with Crippen molar-refractivity contribution in [1.82, 2.24) is 9.62 Å². The first kappa shape index (κ1) is 14.9. The molecule has 2 N–H and O–H groups in total. The van der Waals surface area contributed by atoms with Gasteiger partial charge in [0.15, 0.2) is 0 Å². The Morgan fingerprint density at radius 2 is 2.20 bits per heavy atom. The molecule has 0 radical (unpaired) electrons. The molecule has 1 aromatic rings. The van der Waals surface area contributed by atoms with E-state index < -0.39 is 27.9 Å². The monoisotopic (exact) mass is 302 g/mol. The Hall–Kier alpha value is -1.51. The molecule has 0 aromatic heterocycles. The highest BCUT2D eigenvalue weighted by atomic mass is 32.2. The fourth-order valence-corrected chi connectivity index (χ4v) is 3.98. The van der Waals surface area contributed by atoms with Crippen LogP contribution in [0.25, 0.3) is 0 Å². The molecule has 1 atom stereocenters. The summed E-state index contributed by atoms with van der Waals surface area (Å²) < 4.78 is 39.3. The fraction of sp³-hybridized carbons (Fsp3) is 0.417. The van der Waals surface area contributed by atoms with Gasteiger partial charge in [0.1, 0.15) is 11.9 Å². The molecule has 6 nitrogen and oxygen atoms in total. The Balaban J connectivity index is 2.47.